The fraction of sp³-hybridized carbons (Fsp3) is 0.400. The monoisotopic (exact) mass is 393 g/mol. The molecule has 106 valence electrons. The third kappa shape index (κ3) is 4.48. The standard InChI is InChI=1S/C10H8F4INO3/c1-2-18-9(17)7-5(4-11)3-6(15)16-8(7)19-10(12,13)14/h3H,2,4H2,1H3. The van der Waals surface area contributed by atoms with Gasteiger partial charge in [0.15, 0.2) is 0 Å². The second-order valence-corrected chi connectivity index (χ2v) is 4.29. The van der Waals surface area contributed by atoms with E-state index in [0.717, 1.165) is 6.07 Å². The molecule has 0 N–H and O–H groups in total. The average Bonchev–Trinajstić information content (AvgIpc) is 2.25. The predicted octanol–water partition coefficient (Wildman–Crippen LogP) is 3.23. The van der Waals surface area contributed by atoms with Crippen molar-refractivity contribution in [3.8, 4) is 5.88 Å². The molecule has 0 aromatic carbocycles. The van der Waals surface area contributed by atoms with Gasteiger partial charge in [0.1, 0.15) is 15.9 Å². The molecule has 0 bridgehead atoms. The van der Waals surface area contributed by atoms with Crippen molar-refractivity contribution in [2.24, 2.45) is 0 Å². The van der Waals surface area contributed by atoms with Crippen LogP contribution >= 0.6 is 22.6 Å². The summed E-state index contributed by atoms with van der Waals surface area (Å²) >= 11 is 1.59. The maximum Gasteiger partial charge on any atom is 0.574 e. The van der Waals surface area contributed by atoms with Gasteiger partial charge in [-0.15, -0.1) is 13.2 Å². The number of carbonyl (C=O) groups is 1. The minimum absolute atomic E-state index is 0.0672. The lowest BCUT2D eigenvalue weighted by molar-refractivity contribution is -0.276. The number of rotatable bonds is 4. The predicted molar refractivity (Wildman–Crippen MR) is 64.4 cm³/mol. The van der Waals surface area contributed by atoms with Crippen molar-refractivity contribution in [2.75, 3.05) is 6.61 Å². The van der Waals surface area contributed by atoms with Crippen molar-refractivity contribution in [2.45, 2.75) is 20.0 Å². The van der Waals surface area contributed by atoms with Crippen LogP contribution in [0.2, 0.25) is 0 Å². The number of hydrogen-bond donors (Lipinski definition) is 0. The molecule has 0 aliphatic heterocycles. The molecule has 0 amide bonds. The Hall–Kier alpha value is -1.13. The van der Waals surface area contributed by atoms with Gasteiger partial charge in [0.05, 0.1) is 6.61 Å². The smallest absolute Gasteiger partial charge is 0.462 e. The van der Waals surface area contributed by atoms with Crippen LogP contribution in [0, 0.1) is 3.70 Å². The van der Waals surface area contributed by atoms with E-state index in [4.69, 9.17) is 0 Å². The minimum atomic E-state index is -5.04. The summed E-state index contributed by atoms with van der Waals surface area (Å²) in [5.41, 5.74) is -0.917. The van der Waals surface area contributed by atoms with E-state index in [1.54, 1.807) is 22.6 Å². The normalized spacial score (nSPS) is 11.3. The average molecular weight is 393 g/mol. The zero-order valence-electron chi connectivity index (χ0n) is 9.55. The Morgan fingerprint density at radius 1 is 1.47 bits per heavy atom. The van der Waals surface area contributed by atoms with Crippen molar-refractivity contribution >= 4 is 28.6 Å². The molecule has 0 unspecified atom stereocenters. The fourth-order valence-corrected chi connectivity index (χ4v) is 1.84. The van der Waals surface area contributed by atoms with E-state index in [-0.39, 0.29) is 15.9 Å². The first-order chi connectivity index (χ1) is 8.78. The Bertz CT molecular complexity index is 479. The summed E-state index contributed by atoms with van der Waals surface area (Å²) in [6.07, 6.45) is -5.04. The fourth-order valence-electron chi connectivity index (χ4n) is 1.25. The summed E-state index contributed by atoms with van der Waals surface area (Å²) in [7, 11) is 0. The molecule has 1 rings (SSSR count). The number of pyridine rings is 1. The van der Waals surface area contributed by atoms with Crippen molar-refractivity contribution in [1.82, 2.24) is 4.98 Å². The van der Waals surface area contributed by atoms with E-state index in [9.17, 15) is 22.4 Å². The highest BCUT2D eigenvalue weighted by Gasteiger charge is 2.35. The van der Waals surface area contributed by atoms with Gasteiger partial charge in [-0.2, -0.15) is 0 Å². The molecule has 0 fully saturated rings. The quantitative estimate of drug-likeness (QED) is 0.341. The molecule has 1 heterocycles. The first-order valence-electron chi connectivity index (χ1n) is 4.96. The highest BCUT2D eigenvalue weighted by Crippen LogP contribution is 2.29. The highest BCUT2D eigenvalue weighted by molar-refractivity contribution is 14.1. The largest absolute Gasteiger partial charge is 0.574 e. The van der Waals surface area contributed by atoms with Crippen molar-refractivity contribution in [3.05, 3.63) is 20.9 Å². The lowest BCUT2D eigenvalue weighted by Crippen LogP contribution is -2.22. The van der Waals surface area contributed by atoms with E-state index < -0.39 is 30.4 Å². The van der Waals surface area contributed by atoms with Crippen LogP contribution in [0.5, 0.6) is 5.88 Å². The van der Waals surface area contributed by atoms with Crippen molar-refractivity contribution in [1.29, 1.82) is 0 Å². The van der Waals surface area contributed by atoms with Gasteiger partial charge in [-0.1, -0.05) is 0 Å². The van der Waals surface area contributed by atoms with E-state index >= 15 is 0 Å². The molecule has 0 radical (unpaired) electrons. The summed E-state index contributed by atoms with van der Waals surface area (Å²) in [5, 5.41) is 0. The number of ether oxygens (including phenoxy) is 2. The Labute approximate surface area is 119 Å². The topological polar surface area (TPSA) is 48.4 Å². The molecule has 0 saturated carbocycles. The van der Waals surface area contributed by atoms with Gasteiger partial charge >= 0.3 is 12.3 Å². The third-order valence-corrected chi connectivity index (χ3v) is 2.43. The number of carbonyl (C=O) groups excluding carboxylic acids is 1. The molecule has 0 aliphatic rings. The van der Waals surface area contributed by atoms with Crippen LogP contribution in [0.4, 0.5) is 17.6 Å². The first-order valence-corrected chi connectivity index (χ1v) is 6.04. The Balaban J connectivity index is 3.33. The Kier molecular flexibility index (Phi) is 5.32. The Morgan fingerprint density at radius 3 is 2.58 bits per heavy atom. The molecule has 0 spiro atoms. The number of alkyl halides is 4. The molecule has 0 atom stereocenters. The molecule has 0 saturated heterocycles. The van der Waals surface area contributed by atoms with Gasteiger partial charge in [-0.25, -0.2) is 14.2 Å². The summed E-state index contributed by atoms with van der Waals surface area (Å²) in [5.74, 6) is -2.12. The van der Waals surface area contributed by atoms with E-state index in [0.29, 0.717) is 0 Å². The van der Waals surface area contributed by atoms with Crippen molar-refractivity contribution < 1.29 is 31.8 Å². The summed E-state index contributed by atoms with van der Waals surface area (Å²) in [6, 6.07) is 1.15. The maximum atomic E-state index is 12.8. The lowest BCUT2D eigenvalue weighted by Gasteiger charge is -2.14. The zero-order chi connectivity index (χ0) is 14.6. The summed E-state index contributed by atoms with van der Waals surface area (Å²) < 4.78 is 57.8. The number of esters is 1. The lowest BCUT2D eigenvalue weighted by atomic mass is 10.1. The number of halogens is 5. The van der Waals surface area contributed by atoms with Crippen LogP contribution in [-0.4, -0.2) is 23.9 Å². The number of aromatic nitrogens is 1. The second-order valence-electron chi connectivity index (χ2n) is 3.19. The first kappa shape index (κ1) is 15.9. The van der Waals surface area contributed by atoms with E-state index in [2.05, 4.69) is 14.5 Å². The van der Waals surface area contributed by atoms with E-state index in [1.807, 2.05) is 0 Å². The van der Waals surface area contributed by atoms with Crippen LogP contribution in [-0.2, 0) is 11.4 Å². The maximum absolute atomic E-state index is 12.8. The van der Waals surface area contributed by atoms with Gasteiger partial charge in [0.2, 0.25) is 5.88 Å². The molecule has 1 aromatic rings. The van der Waals surface area contributed by atoms with E-state index in [1.165, 1.54) is 6.92 Å². The van der Waals surface area contributed by atoms with Crippen molar-refractivity contribution in [3.63, 3.8) is 0 Å². The van der Waals surface area contributed by atoms with Gasteiger partial charge in [-0.05, 0) is 35.6 Å². The highest BCUT2D eigenvalue weighted by atomic mass is 127. The number of nitrogens with zero attached hydrogens (tertiary/aromatic N) is 1. The molecule has 1 aromatic heterocycles. The molecular formula is C10H8F4INO3. The molecule has 9 heteroatoms. The van der Waals surface area contributed by atoms with Crippen LogP contribution in [0.1, 0.15) is 22.8 Å². The Morgan fingerprint density at radius 2 is 2.11 bits per heavy atom. The summed E-state index contributed by atoms with van der Waals surface area (Å²) in [6.45, 7) is 0.264. The summed E-state index contributed by atoms with van der Waals surface area (Å²) in [4.78, 5) is 15.0. The molecule has 19 heavy (non-hydrogen) atoms. The minimum Gasteiger partial charge on any atom is -0.462 e. The van der Waals surface area contributed by atoms with Gasteiger partial charge in [-0.3, -0.25) is 0 Å². The van der Waals surface area contributed by atoms with Crippen LogP contribution in [0.25, 0.3) is 0 Å². The number of hydrogen-bond acceptors (Lipinski definition) is 4. The van der Waals surface area contributed by atoms with Gasteiger partial charge in [0.25, 0.3) is 0 Å². The van der Waals surface area contributed by atoms with Crippen LogP contribution in [0.15, 0.2) is 6.07 Å². The third-order valence-electron chi connectivity index (χ3n) is 1.87. The van der Waals surface area contributed by atoms with Crippen LogP contribution in [0.3, 0.4) is 0 Å². The molecule has 4 nitrogen and oxygen atoms in total. The zero-order valence-corrected chi connectivity index (χ0v) is 11.7. The molecule has 0 aliphatic carbocycles. The van der Waals surface area contributed by atoms with Gasteiger partial charge < -0.3 is 9.47 Å². The van der Waals surface area contributed by atoms with Crippen LogP contribution < -0.4 is 4.74 Å². The molecular weight excluding hydrogens is 385 g/mol. The van der Waals surface area contributed by atoms with Gasteiger partial charge in [0, 0.05) is 5.56 Å². The second kappa shape index (κ2) is 6.35. The SMILES string of the molecule is CCOC(=O)c1c(CF)cc(I)nc1OC(F)(F)F.